The van der Waals surface area contributed by atoms with Gasteiger partial charge in [0, 0.05) is 13.1 Å². The largest absolute Gasteiger partial charge is 0.406 e. The molecule has 1 fully saturated rings. The maximum atomic E-state index is 12.5. The number of aromatic nitrogens is 3. The van der Waals surface area contributed by atoms with E-state index in [-0.39, 0.29) is 23.2 Å². The Kier molecular flexibility index (Phi) is 3.47. The summed E-state index contributed by atoms with van der Waals surface area (Å²) < 4.78 is 37.5. The molecule has 100 valence electrons. The number of rotatable bonds is 4. The molecule has 1 saturated carbocycles. The molecule has 0 radical (unpaired) electrons. The van der Waals surface area contributed by atoms with Crippen LogP contribution in [0.4, 0.5) is 25.1 Å². The number of anilines is 2. The van der Waals surface area contributed by atoms with Crippen molar-refractivity contribution in [2.45, 2.75) is 25.1 Å². The molecule has 0 spiro atoms. The van der Waals surface area contributed by atoms with Crippen LogP contribution in [0.25, 0.3) is 0 Å². The lowest BCUT2D eigenvalue weighted by Crippen LogP contribution is -2.37. The summed E-state index contributed by atoms with van der Waals surface area (Å²) in [6.45, 7) is -1.08. The van der Waals surface area contributed by atoms with Crippen molar-refractivity contribution in [2.75, 3.05) is 23.8 Å². The van der Waals surface area contributed by atoms with Crippen molar-refractivity contribution >= 4 is 23.5 Å². The number of halogens is 4. The van der Waals surface area contributed by atoms with E-state index < -0.39 is 12.7 Å². The van der Waals surface area contributed by atoms with Gasteiger partial charge in [-0.05, 0) is 24.4 Å². The Hall–Kier alpha value is -1.31. The second kappa shape index (κ2) is 4.75. The lowest BCUT2D eigenvalue weighted by Gasteiger charge is -2.23. The van der Waals surface area contributed by atoms with E-state index in [2.05, 4.69) is 20.3 Å². The van der Waals surface area contributed by atoms with Crippen LogP contribution in [0.15, 0.2) is 0 Å². The normalized spacial score (nSPS) is 15.6. The Morgan fingerprint density at radius 2 is 2.00 bits per heavy atom. The first-order chi connectivity index (χ1) is 8.39. The van der Waals surface area contributed by atoms with Crippen molar-refractivity contribution < 1.29 is 13.2 Å². The fourth-order valence-electron chi connectivity index (χ4n) is 1.52. The summed E-state index contributed by atoms with van der Waals surface area (Å²) in [7, 11) is 1.56. The molecular weight excluding hydrogens is 271 g/mol. The SMILES string of the molecule is CNc1nc(Cl)nc(N(CC(F)(F)F)C2CC2)n1. The van der Waals surface area contributed by atoms with Crippen LogP contribution in [0.1, 0.15) is 12.8 Å². The summed E-state index contributed by atoms with van der Waals surface area (Å²) in [5.41, 5.74) is 0. The summed E-state index contributed by atoms with van der Waals surface area (Å²) in [6, 6.07) is -0.171. The van der Waals surface area contributed by atoms with E-state index >= 15 is 0 Å². The highest BCUT2D eigenvalue weighted by Gasteiger charge is 2.39. The van der Waals surface area contributed by atoms with Crippen molar-refractivity contribution in [3.05, 3.63) is 5.28 Å². The highest BCUT2D eigenvalue weighted by Crippen LogP contribution is 2.33. The van der Waals surface area contributed by atoms with Gasteiger partial charge in [0.2, 0.25) is 17.2 Å². The van der Waals surface area contributed by atoms with E-state index in [1.54, 1.807) is 7.05 Å². The van der Waals surface area contributed by atoms with Crippen molar-refractivity contribution in [2.24, 2.45) is 0 Å². The number of alkyl halides is 3. The second-order valence-corrected chi connectivity index (χ2v) is 4.29. The molecule has 0 amide bonds. The van der Waals surface area contributed by atoms with Crippen LogP contribution >= 0.6 is 11.6 Å². The van der Waals surface area contributed by atoms with Gasteiger partial charge in [0.05, 0.1) is 0 Å². The van der Waals surface area contributed by atoms with Gasteiger partial charge in [0.15, 0.2) is 0 Å². The maximum Gasteiger partial charge on any atom is 0.406 e. The van der Waals surface area contributed by atoms with E-state index in [1.807, 2.05) is 0 Å². The predicted octanol–water partition coefficient (Wildman–Crippen LogP) is 2.10. The Balaban J connectivity index is 2.27. The number of hydrogen-bond acceptors (Lipinski definition) is 5. The van der Waals surface area contributed by atoms with Gasteiger partial charge in [-0.3, -0.25) is 0 Å². The second-order valence-electron chi connectivity index (χ2n) is 3.95. The molecule has 1 N–H and O–H groups in total. The van der Waals surface area contributed by atoms with Crippen LogP contribution in [-0.4, -0.2) is 40.8 Å². The molecular formula is C9H11ClF3N5. The van der Waals surface area contributed by atoms with Crippen LogP contribution < -0.4 is 10.2 Å². The van der Waals surface area contributed by atoms with E-state index in [4.69, 9.17) is 11.6 Å². The molecule has 1 aromatic rings. The number of hydrogen-bond donors (Lipinski definition) is 1. The minimum absolute atomic E-state index is 0.0424. The molecule has 5 nitrogen and oxygen atoms in total. The minimum atomic E-state index is -4.30. The third-order valence-corrected chi connectivity index (χ3v) is 2.58. The molecule has 0 bridgehead atoms. The van der Waals surface area contributed by atoms with Gasteiger partial charge in [-0.2, -0.15) is 28.1 Å². The molecule has 2 rings (SSSR count). The van der Waals surface area contributed by atoms with Gasteiger partial charge < -0.3 is 10.2 Å². The smallest absolute Gasteiger partial charge is 0.357 e. The van der Waals surface area contributed by atoms with E-state index in [0.717, 1.165) is 4.90 Å². The molecule has 0 aliphatic heterocycles. The fraction of sp³-hybridized carbons (Fsp3) is 0.667. The first kappa shape index (κ1) is 13.1. The molecule has 0 unspecified atom stereocenters. The molecule has 1 aromatic heterocycles. The molecule has 18 heavy (non-hydrogen) atoms. The van der Waals surface area contributed by atoms with Gasteiger partial charge in [0.25, 0.3) is 0 Å². The van der Waals surface area contributed by atoms with Gasteiger partial charge in [0.1, 0.15) is 6.54 Å². The van der Waals surface area contributed by atoms with Crippen LogP contribution in [0.3, 0.4) is 0 Å². The Morgan fingerprint density at radius 3 is 2.50 bits per heavy atom. The minimum Gasteiger partial charge on any atom is -0.357 e. The van der Waals surface area contributed by atoms with Crippen LogP contribution in [0.5, 0.6) is 0 Å². The van der Waals surface area contributed by atoms with E-state index in [0.29, 0.717) is 12.8 Å². The summed E-state index contributed by atoms with van der Waals surface area (Å²) in [5, 5.41) is 2.50. The Labute approximate surface area is 106 Å². The maximum absolute atomic E-state index is 12.5. The quantitative estimate of drug-likeness (QED) is 0.916. The molecule has 0 saturated heterocycles. The standard InChI is InChI=1S/C9H11ClF3N5/c1-14-7-15-6(10)16-8(17-7)18(5-2-3-5)4-9(11,12)13/h5H,2-4H2,1H3,(H,14,15,16,17). The lowest BCUT2D eigenvalue weighted by molar-refractivity contribution is -0.120. The van der Waals surface area contributed by atoms with Gasteiger partial charge in [-0.15, -0.1) is 0 Å². The number of nitrogens with zero attached hydrogens (tertiary/aromatic N) is 4. The molecule has 9 heteroatoms. The van der Waals surface area contributed by atoms with E-state index in [9.17, 15) is 13.2 Å². The molecule has 0 aromatic carbocycles. The first-order valence-electron chi connectivity index (χ1n) is 5.32. The average molecular weight is 282 g/mol. The van der Waals surface area contributed by atoms with Crippen molar-refractivity contribution in [1.29, 1.82) is 0 Å². The van der Waals surface area contributed by atoms with Crippen LogP contribution in [0.2, 0.25) is 5.28 Å². The van der Waals surface area contributed by atoms with Gasteiger partial charge in [-0.25, -0.2) is 0 Å². The zero-order chi connectivity index (χ0) is 13.3. The summed E-state index contributed by atoms with van der Waals surface area (Å²) in [5.74, 6) is 0.108. The molecule has 1 aliphatic rings. The van der Waals surface area contributed by atoms with Crippen molar-refractivity contribution in [1.82, 2.24) is 15.0 Å². The van der Waals surface area contributed by atoms with Crippen molar-refractivity contribution in [3.63, 3.8) is 0 Å². The van der Waals surface area contributed by atoms with E-state index in [1.165, 1.54) is 0 Å². The summed E-state index contributed by atoms with van der Waals surface area (Å²) >= 11 is 5.66. The van der Waals surface area contributed by atoms with Crippen molar-refractivity contribution in [3.8, 4) is 0 Å². The third-order valence-electron chi connectivity index (χ3n) is 2.41. The monoisotopic (exact) mass is 281 g/mol. The molecule has 1 aliphatic carbocycles. The highest BCUT2D eigenvalue weighted by molar-refractivity contribution is 6.28. The fourth-order valence-corrected chi connectivity index (χ4v) is 1.68. The molecule has 1 heterocycles. The average Bonchev–Trinajstić information content (AvgIpc) is 3.07. The first-order valence-corrected chi connectivity index (χ1v) is 5.69. The topological polar surface area (TPSA) is 53.9 Å². The highest BCUT2D eigenvalue weighted by atomic mass is 35.5. The number of nitrogens with one attached hydrogen (secondary N) is 1. The van der Waals surface area contributed by atoms with Crippen LogP contribution in [0, 0.1) is 0 Å². The summed E-state index contributed by atoms with van der Waals surface area (Å²) in [4.78, 5) is 12.5. The molecule has 0 atom stereocenters. The van der Waals surface area contributed by atoms with Crippen LogP contribution in [-0.2, 0) is 0 Å². The zero-order valence-electron chi connectivity index (χ0n) is 9.50. The lowest BCUT2D eigenvalue weighted by atomic mass is 10.5. The Bertz CT molecular complexity index is 435. The Morgan fingerprint density at radius 1 is 1.33 bits per heavy atom. The summed E-state index contributed by atoms with van der Waals surface area (Å²) in [6.07, 6.45) is -2.90. The zero-order valence-corrected chi connectivity index (χ0v) is 10.3. The van der Waals surface area contributed by atoms with Gasteiger partial charge >= 0.3 is 6.18 Å². The predicted molar refractivity (Wildman–Crippen MR) is 60.8 cm³/mol. The van der Waals surface area contributed by atoms with Gasteiger partial charge in [-0.1, -0.05) is 0 Å². The third kappa shape index (κ3) is 3.34.